The number of hydrogen-bond donors (Lipinski definition) is 1. The van der Waals surface area contributed by atoms with Gasteiger partial charge in [-0.15, -0.1) is 0 Å². The van der Waals surface area contributed by atoms with E-state index in [-0.39, 0.29) is 18.1 Å². The van der Waals surface area contributed by atoms with Crippen LogP contribution in [-0.2, 0) is 4.74 Å². The molecular formula is C16H25N3O2. The third-order valence-electron chi connectivity index (χ3n) is 3.46. The van der Waals surface area contributed by atoms with E-state index >= 15 is 0 Å². The Hall–Kier alpha value is -1.62. The molecule has 0 bridgehead atoms. The highest BCUT2D eigenvalue weighted by atomic mass is 16.5. The number of aryl methyl sites for hydroxylation is 1. The van der Waals surface area contributed by atoms with Gasteiger partial charge in [-0.05, 0) is 39.3 Å². The van der Waals surface area contributed by atoms with E-state index in [2.05, 4.69) is 17.2 Å². The molecule has 1 aromatic rings. The van der Waals surface area contributed by atoms with Crippen LogP contribution in [0.25, 0.3) is 0 Å². The molecule has 0 aliphatic carbocycles. The van der Waals surface area contributed by atoms with Gasteiger partial charge in [-0.2, -0.15) is 0 Å². The van der Waals surface area contributed by atoms with Crippen LogP contribution in [0.4, 0.5) is 5.82 Å². The minimum atomic E-state index is 0.0575. The number of pyridine rings is 1. The Morgan fingerprint density at radius 2 is 2.05 bits per heavy atom. The summed E-state index contributed by atoms with van der Waals surface area (Å²) in [5.74, 6) is 0.830. The molecule has 2 atom stereocenters. The van der Waals surface area contributed by atoms with Crippen molar-refractivity contribution >= 4 is 11.7 Å². The van der Waals surface area contributed by atoms with Crippen molar-refractivity contribution in [2.24, 2.45) is 0 Å². The topological polar surface area (TPSA) is 54.5 Å². The fraction of sp³-hybridized carbons (Fsp3) is 0.625. The molecule has 2 rings (SSSR count). The fourth-order valence-electron chi connectivity index (χ4n) is 2.66. The molecule has 1 aliphatic rings. The lowest BCUT2D eigenvalue weighted by molar-refractivity contribution is -0.0586. The van der Waals surface area contributed by atoms with Gasteiger partial charge in [0.05, 0.1) is 12.2 Å². The van der Waals surface area contributed by atoms with Gasteiger partial charge in [0.15, 0.2) is 0 Å². The number of nitrogens with zero attached hydrogens (tertiary/aromatic N) is 2. The number of amides is 1. The molecule has 2 unspecified atom stereocenters. The van der Waals surface area contributed by atoms with E-state index < -0.39 is 0 Å². The second-order valence-electron chi connectivity index (χ2n) is 5.78. The molecule has 21 heavy (non-hydrogen) atoms. The van der Waals surface area contributed by atoms with Crippen molar-refractivity contribution in [3.8, 4) is 0 Å². The summed E-state index contributed by atoms with van der Waals surface area (Å²) < 4.78 is 5.68. The second kappa shape index (κ2) is 6.89. The van der Waals surface area contributed by atoms with Crippen LogP contribution in [0, 0.1) is 6.92 Å². The molecule has 116 valence electrons. The highest BCUT2D eigenvalue weighted by Gasteiger charge is 2.26. The van der Waals surface area contributed by atoms with Crippen LogP contribution >= 0.6 is 0 Å². The maximum atomic E-state index is 12.7. The molecule has 1 aromatic heterocycles. The molecule has 0 radical (unpaired) electrons. The SMILES string of the molecule is CCCNc1cc(C(=O)N2CC(C)OC(C)C2)cc(C)n1. The van der Waals surface area contributed by atoms with Crippen molar-refractivity contribution < 1.29 is 9.53 Å². The van der Waals surface area contributed by atoms with E-state index in [0.717, 1.165) is 24.5 Å². The maximum Gasteiger partial charge on any atom is 0.254 e. The zero-order chi connectivity index (χ0) is 15.4. The summed E-state index contributed by atoms with van der Waals surface area (Å²) in [5, 5.41) is 3.24. The van der Waals surface area contributed by atoms with Crippen molar-refractivity contribution in [3.05, 3.63) is 23.4 Å². The maximum absolute atomic E-state index is 12.7. The summed E-state index contributed by atoms with van der Waals surface area (Å²) in [4.78, 5) is 19.0. The fourth-order valence-corrected chi connectivity index (χ4v) is 2.66. The Bertz CT molecular complexity index is 494. The highest BCUT2D eigenvalue weighted by molar-refractivity contribution is 5.95. The summed E-state index contributed by atoms with van der Waals surface area (Å²) in [6, 6.07) is 3.69. The number of morpholine rings is 1. The number of nitrogens with one attached hydrogen (secondary N) is 1. The van der Waals surface area contributed by atoms with Crippen LogP contribution in [-0.4, -0.2) is 47.6 Å². The Balaban J connectivity index is 2.16. The van der Waals surface area contributed by atoms with Gasteiger partial charge in [-0.1, -0.05) is 6.92 Å². The third kappa shape index (κ3) is 4.17. The minimum absolute atomic E-state index is 0.0575. The molecule has 5 nitrogen and oxygen atoms in total. The van der Waals surface area contributed by atoms with E-state index in [9.17, 15) is 4.79 Å². The Morgan fingerprint density at radius 3 is 2.67 bits per heavy atom. The molecule has 1 saturated heterocycles. The molecule has 1 fully saturated rings. The lowest BCUT2D eigenvalue weighted by atomic mass is 10.1. The van der Waals surface area contributed by atoms with E-state index in [0.29, 0.717) is 18.7 Å². The number of hydrogen-bond acceptors (Lipinski definition) is 4. The smallest absolute Gasteiger partial charge is 0.254 e. The third-order valence-corrected chi connectivity index (χ3v) is 3.46. The molecule has 1 aliphatic heterocycles. The Labute approximate surface area is 126 Å². The molecule has 0 spiro atoms. The molecule has 2 heterocycles. The van der Waals surface area contributed by atoms with Gasteiger partial charge in [-0.3, -0.25) is 4.79 Å². The van der Waals surface area contributed by atoms with Crippen molar-refractivity contribution in [2.75, 3.05) is 25.0 Å². The summed E-state index contributed by atoms with van der Waals surface area (Å²) in [6.45, 7) is 10.2. The van der Waals surface area contributed by atoms with Gasteiger partial charge in [-0.25, -0.2) is 4.98 Å². The van der Waals surface area contributed by atoms with Crippen LogP contribution in [0.1, 0.15) is 43.2 Å². The average molecular weight is 291 g/mol. The molecule has 0 saturated carbocycles. The van der Waals surface area contributed by atoms with Gasteiger partial charge >= 0.3 is 0 Å². The first kappa shape index (κ1) is 15.8. The van der Waals surface area contributed by atoms with Gasteiger partial charge in [0.25, 0.3) is 5.91 Å². The van der Waals surface area contributed by atoms with Gasteiger partial charge in [0.1, 0.15) is 5.82 Å². The molecular weight excluding hydrogens is 266 g/mol. The first-order chi connectivity index (χ1) is 9.99. The van der Waals surface area contributed by atoms with E-state index in [4.69, 9.17) is 4.74 Å². The number of carbonyl (C=O) groups excluding carboxylic acids is 1. The van der Waals surface area contributed by atoms with Crippen LogP contribution in [0.15, 0.2) is 12.1 Å². The van der Waals surface area contributed by atoms with E-state index in [1.54, 1.807) is 0 Å². The monoisotopic (exact) mass is 291 g/mol. The summed E-state index contributed by atoms with van der Waals surface area (Å²) >= 11 is 0. The largest absolute Gasteiger partial charge is 0.372 e. The molecule has 1 amide bonds. The number of rotatable bonds is 4. The lowest BCUT2D eigenvalue weighted by Gasteiger charge is -2.35. The normalized spacial score (nSPS) is 22.2. The van der Waals surface area contributed by atoms with Gasteiger partial charge < -0.3 is 15.0 Å². The zero-order valence-corrected chi connectivity index (χ0v) is 13.3. The van der Waals surface area contributed by atoms with Crippen molar-refractivity contribution in [1.29, 1.82) is 0 Å². The highest BCUT2D eigenvalue weighted by Crippen LogP contribution is 2.17. The Kier molecular flexibility index (Phi) is 5.17. The number of ether oxygens (including phenoxy) is 1. The first-order valence-corrected chi connectivity index (χ1v) is 7.67. The molecule has 0 aromatic carbocycles. The minimum Gasteiger partial charge on any atom is -0.372 e. The van der Waals surface area contributed by atoms with Gasteiger partial charge in [0, 0.05) is 30.9 Å². The van der Waals surface area contributed by atoms with Crippen LogP contribution in [0.3, 0.4) is 0 Å². The van der Waals surface area contributed by atoms with Crippen LogP contribution in [0.2, 0.25) is 0 Å². The Morgan fingerprint density at radius 1 is 1.38 bits per heavy atom. The van der Waals surface area contributed by atoms with Crippen LogP contribution in [0.5, 0.6) is 0 Å². The van der Waals surface area contributed by atoms with Crippen molar-refractivity contribution in [2.45, 2.75) is 46.3 Å². The quantitative estimate of drug-likeness (QED) is 0.926. The molecule has 5 heteroatoms. The average Bonchev–Trinajstić information content (AvgIpc) is 2.42. The summed E-state index contributed by atoms with van der Waals surface area (Å²) in [7, 11) is 0. The van der Waals surface area contributed by atoms with Crippen LogP contribution < -0.4 is 5.32 Å². The van der Waals surface area contributed by atoms with Gasteiger partial charge in [0.2, 0.25) is 0 Å². The van der Waals surface area contributed by atoms with Crippen molar-refractivity contribution in [1.82, 2.24) is 9.88 Å². The van der Waals surface area contributed by atoms with E-state index in [1.165, 1.54) is 0 Å². The second-order valence-corrected chi connectivity index (χ2v) is 5.78. The molecule has 1 N–H and O–H groups in total. The lowest BCUT2D eigenvalue weighted by Crippen LogP contribution is -2.48. The summed E-state index contributed by atoms with van der Waals surface area (Å²) in [5.41, 5.74) is 1.55. The first-order valence-electron chi connectivity index (χ1n) is 7.67. The number of aromatic nitrogens is 1. The predicted octanol–water partition coefficient (Wildman–Crippen LogP) is 2.46. The summed E-state index contributed by atoms with van der Waals surface area (Å²) in [6.07, 6.45) is 1.19. The number of anilines is 1. The zero-order valence-electron chi connectivity index (χ0n) is 13.3. The van der Waals surface area contributed by atoms with E-state index in [1.807, 2.05) is 37.8 Å². The number of carbonyl (C=O) groups is 1. The van der Waals surface area contributed by atoms with Crippen molar-refractivity contribution in [3.63, 3.8) is 0 Å². The standard InChI is InChI=1S/C16H25N3O2/c1-5-6-17-15-8-14(7-11(2)18-15)16(20)19-9-12(3)21-13(4)10-19/h7-8,12-13H,5-6,9-10H2,1-4H3,(H,17,18). The predicted molar refractivity (Wildman–Crippen MR) is 83.7 cm³/mol.